The van der Waals surface area contributed by atoms with Crippen molar-refractivity contribution in [3.63, 3.8) is 0 Å². The van der Waals surface area contributed by atoms with Crippen LogP contribution in [0.2, 0.25) is 0 Å². The van der Waals surface area contributed by atoms with Crippen molar-refractivity contribution in [3.8, 4) is 0 Å². The zero-order valence-corrected chi connectivity index (χ0v) is 6.74. The Bertz CT molecular complexity index is 131. The van der Waals surface area contributed by atoms with Crippen LogP contribution in [0.5, 0.6) is 0 Å². The van der Waals surface area contributed by atoms with E-state index in [-0.39, 0.29) is 0 Å². The lowest BCUT2D eigenvalue weighted by atomic mass is 10.1. The summed E-state index contributed by atoms with van der Waals surface area (Å²) in [6, 6.07) is 0. The van der Waals surface area contributed by atoms with Gasteiger partial charge < -0.3 is 5.73 Å². The second kappa shape index (κ2) is 2.76. The summed E-state index contributed by atoms with van der Waals surface area (Å²) in [5, 5.41) is 0.739. The normalized spacial score (nSPS) is 34.8. The fraction of sp³-hybridized carbons (Fsp3) is 0.714. The van der Waals surface area contributed by atoms with Crippen molar-refractivity contribution in [2.75, 3.05) is 6.54 Å². The molecular formula is C7H13NS. The monoisotopic (exact) mass is 143 g/mol. The molecule has 9 heavy (non-hydrogen) atoms. The van der Waals surface area contributed by atoms with Crippen molar-refractivity contribution in [1.82, 2.24) is 0 Å². The van der Waals surface area contributed by atoms with E-state index in [1.54, 1.807) is 0 Å². The van der Waals surface area contributed by atoms with E-state index in [2.05, 4.69) is 19.9 Å². The molecular weight excluding hydrogens is 130 g/mol. The fourth-order valence-corrected chi connectivity index (χ4v) is 2.09. The Morgan fingerprint density at radius 2 is 2.33 bits per heavy atom. The van der Waals surface area contributed by atoms with Crippen LogP contribution in [-0.4, -0.2) is 11.8 Å². The highest BCUT2D eigenvalue weighted by Crippen LogP contribution is 2.34. The minimum Gasteiger partial charge on any atom is -0.326 e. The zero-order valence-electron chi connectivity index (χ0n) is 5.92. The van der Waals surface area contributed by atoms with Gasteiger partial charge in [-0.2, -0.15) is 0 Å². The highest BCUT2D eigenvalue weighted by Gasteiger charge is 2.18. The first-order valence-corrected chi connectivity index (χ1v) is 4.19. The van der Waals surface area contributed by atoms with Gasteiger partial charge in [-0.05, 0) is 10.8 Å². The van der Waals surface area contributed by atoms with Crippen LogP contribution in [0.1, 0.15) is 13.8 Å². The van der Waals surface area contributed by atoms with Crippen LogP contribution in [0.25, 0.3) is 0 Å². The van der Waals surface area contributed by atoms with Crippen LogP contribution in [-0.2, 0) is 0 Å². The molecule has 0 spiro atoms. The summed E-state index contributed by atoms with van der Waals surface area (Å²) in [5.74, 6) is 0.716. The molecule has 0 aromatic rings. The predicted octanol–water partition coefficient (Wildman–Crippen LogP) is 1.60. The van der Waals surface area contributed by atoms with Crippen LogP contribution in [0.3, 0.4) is 0 Å². The SMILES string of the molecule is CC1C=C(CN)SC1C. The summed E-state index contributed by atoms with van der Waals surface area (Å²) in [5.41, 5.74) is 5.47. The quantitative estimate of drug-likeness (QED) is 0.603. The van der Waals surface area contributed by atoms with Gasteiger partial charge >= 0.3 is 0 Å². The molecule has 1 nitrogen and oxygen atoms in total. The Morgan fingerprint density at radius 1 is 1.67 bits per heavy atom. The van der Waals surface area contributed by atoms with Gasteiger partial charge in [0, 0.05) is 11.8 Å². The molecule has 0 fully saturated rings. The van der Waals surface area contributed by atoms with Gasteiger partial charge in [-0.1, -0.05) is 19.9 Å². The summed E-state index contributed by atoms with van der Waals surface area (Å²) in [6.45, 7) is 5.20. The average Bonchev–Trinajstić information content (AvgIpc) is 2.13. The number of hydrogen-bond donors (Lipinski definition) is 1. The molecule has 0 radical (unpaired) electrons. The average molecular weight is 143 g/mol. The number of hydrogen-bond acceptors (Lipinski definition) is 2. The van der Waals surface area contributed by atoms with Crippen LogP contribution >= 0.6 is 11.8 Å². The molecule has 1 aliphatic heterocycles. The zero-order chi connectivity index (χ0) is 6.85. The van der Waals surface area contributed by atoms with Crippen LogP contribution in [0.15, 0.2) is 11.0 Å². The van der Waals surface area contributed by atoms with E-state index in [1.165, 1.54) is 4.91 Å². The molecule has 0 saturated carbocycles. The molecule has 1 aliphatic rings. The van der Waals surface area contributed by atoms with Gasteiger partial charge in [0.2, 0.25) is 0 Å². The molecule has 0 aromatic carbocycles. The molecule has 2 heteroatoms. The Balaban J connectivity index is 2.52. The van der Waals surface area contributed by atoms with Crippen LogP contribution < -0.4 is 5.73 Å². The molecule has 0 aromatic heterocycles. The molecule has 2 N–H and O–H groups in total. The lowest BCUT2D eigenvalue weighted by Crippen LogP contribution is -2.00. The molecule has 0 bridgehead atoms. The van der Waals surface area contributed by atoms with E-state index >= 15 is 0 Å². The van der Waals surface area contributed by atoms with Crippen molar-refractivity contribution in [1.29, 1.82) is 0 Å². The number of allylic oxidation sites excluding steroid dienone is 1. The lowest BCUT2D eigenvalue weighted by Gasteiger charge is -2.05. The number of nitrogens with two attached hydrogens (primary N) is 1. The lowest BCUT2D eigenvalue weighted by molar-refractivity contribution is 0.728. The van der Waals surface area contributed by atoms with Crippen LogP contribution in [0, 0.1) is 5.92 Å². The molecule has 1 heterocycles. The summed E-state index contributed by atoms with van der Waals surface area (Å²) in [7, 11) is 0. The maximum Gasteiger partial charge on any atom is 0.0235 e. The van der Waals surface area contributed by atoms with Crippen molar-refractivity contribution in [2.45, 2.75) is 19.1 Å². The van der Waals surface area contributed by atoms with E-state index in [9.17, 15) is 0 Å². The first-order valence-electron chi connectivity index (χ1n) is 3.31. The number of rotatable bonds is 1. The largest absolute Gasteiger partial charge is 0.326 e. The third-order valence-corrected chi connectivity index (χ3v) is 3.13. The highest BCUT2D eigenvalue weighted by atomic mass is 32.2. The third-order valence-electron chi connectivity index (χ3n) is 1.73. The predicted molar refractivity (Wildman–Crippen MR) is 43.4 cm³/mol. The van der Waals surface area contributed by atoms with Crippen molar-refractivity contribution in [2.24, 2.45) is 11.7 Å². The molecule has 1 rings (SSSR count). The van der Waals surface area contributed by atoms with Gasteiger partial charge in [-0.3, -0.25) is 0 Å². The Labute approximate surface area is 60.7 Å². The summed E-state index contributed by atoms with van der Waals surface area (Å²) in [4.78, 5) is 1.36. The third kappa shape index (κ3) is 1.49. The van der Waals surface area contributed by atoms with E-state index < -0.39 is 0 Å². The Morgan fingerprint density at radius 3 is 2.56 bits per heavy atom. The van der Waals surface area contributed by atoms with Crippen LogP contribution in [0.4, 0.5) is 0 Å². The molecule has 0 aliphatic carbocycles. The van der Waals surface area contributed by atoms with Crippen molar-refractivity contribution in [3.05, 3.63) is 11.0 Å². The number of thioether (sulfide) groups is 1. The summed E-state index contributed by atoms with van der Waals surface area (Å²) >= 11 is 1.91. The van der Waals surface area contributed by atoms with E-state index in [0.717, 1.165) is 11.8 Å². The highest BCUT2D eigenvalue weighted by molar-refractivity contribution is 8.03. The summed E-state index contributed by atoms with van der Waals surface area (Å²) < 4.78 is 0. The molecule has 0 amide bonds. The van der Waals surface area contributed by atoms with Gasteiger partial charge in [-0.25, -0.2) is 0 Å². The van der Waals surface area contributed by atoms with Gasteiger partial charge in [0.1, 0.15) is 0 Å². The smallest absolute Gasteiger partial charge is 0.0235 e. The Hall–Kier alpha value is 0.0500. The van der Waals surface area contributed by atoms with Gasteiger partial charge in [0.05, 0.1) is 0 Å². The van der Waals surface area contributed by atoms with E-state index in [0.29, 0.717) is 5.92 Å². The minimum atomic E-state index is 0.716. The fourth-order valence-electron chi connectivity index (χ4n) is 0.930. The van der Waals surface area contributed by atoms with Gasteiger partial charge in [-0.15, -0.1) is 11.8 Å². The molecule has 2 unspecified atom stereocenters. The van der Waals surface area contributed by atoms with Crippen molar-refractivity contribution >= 4 is 11.8 Å². The van der Waals surface area contributed by atoms with E-state index in [1.807, 2.05) is 11.8 Å². The first-order chi connectivity index (χ1) is 4.24. The Kier molecular flexibility index (Phi) is 2.19. The first kappa shape index (κ1) is 7.16. The maximum absolute atomic E-state index is 5.47. The second-order valence-electron chi connectivity index (χ2n) is 2.52. The van der Waals surface area contributed by atoms with E-state index in [4.69, 9.17) is 5.73 Å². The topological polar surface area (TPSA) is 26.0 Å². The molecule has 52 valence electrons. The standard InChI is InChI=1S/C7H13NS/c1-5-3-7(4-8)9-6(5)2/h3,5-6H,4,8H2,1-2H3. The molecule has 0 saturated heterocycles. The van der Waals surface area contributed by atoms with Gasteiger partial charge in [0.15, 0.2) is 0 Å². The molecule has 2 atom stereocenters. The van der Waals surface area contributed by atoms with Gasteiger partial charge in [0.25, 0.3) is 0 Å². The van der Waals surface area contributed by atoms with Crippen molar-refractivity contribution < 1.29 is 0 Å². The summed E-state index contributed by atoms with van der Waals surface area (Å²) in [6.07, 6.45) is 2.27. The minimum absolute atomic E-state index is 0.716. The second-order valence-corrected chi connectivity index (χ2v) is 4.02. The maximum atomic E-state index is 5.47.